The smallest absolute Gasteiger partial charge is 0.264 e. The number of nitrogens with zero attached hydrogens (tertiary/aromatic N) is 1. The Kier molecular flexibility index (Phi) is 7.35. The van der Waals surface area contributed by atoms with E-state index in [4.69, 9.17) is 16.3 Å². The second-order valence-electron chi connectivity index (χ2n) is 7.67. The molecule has 0 radical (unpaired) electrons. The van der Waals surface area contributed by atoms with Crippen molar-refractivity contribution in [1.82, 2.24) is 5.32 Å². The average molecular weight is 492 g/mol. The fourth-order valence-corrected chi connectivity index (χ4v) is 4.18. The van der Waals surface area contributed by atoms with Gasteiger partial charge in [-0.1, -0.05) is 35.9 Å². The predicted octanol–water partition coefficient (Wildman–Crippen LogP) is 5.87. The number of carbonyl (C=O) groups excluding carboxylic acids is 2. The van der Waals surface area contributed by atoms with Crippen molar-refractivity contribution < 1.29 is 14.3 Å². The second-order valence-corrected chi connectivity index (χ2v) is 9.14. The topological polar surface area (TPSA) is 79.8 Å². The fraction of sp³-hybridized carbons (Fsp3) is 0.115. The van der Waals surface area contributed by atoms with Crippen LogP contribution in [0.3, 0.4) is 0 Å². The summed E-state index contributed by atoms with van der Waals surface area (Å²) in [6.07, 6.45) is 1.75. The molecule has 3 aromatic rings. The lowest BCUT2D eigenvalue weighted by atomic mass is 10.1. The molecule has 3 aromatic carbocycles. The van der Waals surface area contributed by atoms with Gasteiger partial charge in [0.1, 0.15) is 5.75 Å². The molecular formula is C26H22ClN3O3S. The summed E-state index contributed by atoms with van der Waals surface area (Å²) >= 11 is 7.24. The first-order chi connectivity index (χ1) is 16.4. The summed E-state index contributed by atoms with van der Waals surface area (Å²) in [7, 11) is 0. The number of nitrogens with one attached hydrogen (secondary N) is 2. The van der Waals surface area contributed by atoms with Crippen molar-refractivity contribution in [2.24, 2.45) is 4.99 Å². The summed E-state index contributed by atoms with van der Waals surface area (Å²) in [5, 5.41) is 6.65. The van der Waals surface area contributed by atoms with Crippen molar-refractivity contribution in [3.63, 3.8) is 0 Å². The minimum Gasteiger partial charge on any atom is -0.484 e. The molecule has 0 atom stereocenters. The molecule has 34 heavy (non-hydrogen) atoms. The quantitative estimate of drug-likeness (QED) is 0.423. The Bertz CT molecular complexity index is 1320. The summed E-state index contributed by atoms with van der Waals surface area (Å²) < 4.78 is 5.65. The van der Waals surface area contributed by atoms with Gasteiger partial charge in [0.2, 0.25) is 0 Å². The minimum absolute atomic E-state index is 0.126. The lowest BCUT2D eigenvalue weighted by Crippen LogP contribution is -2.20. The number of amides is 2. The van der Waals surface area contributed by atoms with Crippen molar-refractivity contribution >= 4 is 57.8 Å². The first-order valence-corrected chi connectivity index (χ1v) is 11.7. The standard InChI is InChI=1S/C26H22ClN3O3S/c1-16-9-10-21(11-17(16)2)28-24(31)15-33-22-8-3-5-18(12-22)13-23-25(32)30-26(34-23)29-20-7-4-6-19(27)14-20/h3-14H,15H2,1-2H3,(H,28,31)(H,29,30,32). The second kappa shape index (κ2) is 10.6. The molecule has 0 aliphatic carbocycles. The minimum atomic E-state index is -0.250. The van der Waals surface area contributed by atoms with E-state index < -0.39 is 0 Å². The molecule has 6 nitrogen and oxygen atoms in total. The van der Waals surface area contributed by atoms with Crippen LogP contribution in [-0.4, -0.2) is 23.6 Å². The van der Waals surface area contributed by atoms with Crippen LogP contribution in [0.25, 0.3) is 6.08 Å². The van der Waals surface area contributed by atoms with Crippen molar-refractivity contribution in [3.8, 4) is 5.75 Å². The maximum atomic E-state index is 12.4. The van der Waals surface area contributed by atoms with Gasteiger partial charge in [0.25, 0.3) is 11.8 Å². The monoisotopic (exact) mass is 491 g/mol. The molecule has 1 fully saturated rings. The molecule has 8 heteroatoms. The van der Waals surface area contributed by atoms with E-state index in [1.807, 2.05) is 44.2 Å². The third-order valence-electron chi connectivity index (χ3n) is 5.01. The van der Waals surface area contributed by atoms with Gasteiger partial charge in [0.15, 0.2) is 11.8 Å². The number of halogens is 1. The number of aryl methyl sites for hydroxylation is 2. The molecule has 1 aliphatic heterocycles. The highest BCUT2D eigenvalue weighted by Crippen LogP contribution is 2.29. The van der Waals surface area contributed by atoms with E-state index in [9.17, 15) is 9.59 Å². The Morgan fingerprint density at radius 3 is 2.71 bits per heavy atom. The Morgan fingerprint density at radius 2 is 1.91 bits per heavy atom. The molecule has 1 heterocycles. The van der Waals surface area contributed by atoms with E-state index in [1.54, 1.807) is 42.5 Å². The normalized spacial score (nSPS) is 15.4. The third kappa shape index (κ3) is 6.27. The van der Waals surface area contributed by atoms with Gasteiger partial charge in [-0.15, -0.1) is 0 Å². The predicted molar refractivity (Wildman–Crippen MR) is 139 cm³/mol. The number of hydrogen-bond donors (Lipinski definition) is 2. The maximum absolute atomic E-state index is 12.4. The zero-order valence-corrected chi connectivity index (χ0v) is 20.2. The lowest BCUT2D eigenvalue weighted by Gasteiger charge is -2.09. The number of carbonyl (C=O) groups is 2. The van der Waals surface area contributed by atoms with E-state index in [2.05, 4.69) is 15.6 Å². The molecule has 0 bridgehead atoms. The summed E-state index contributed by atoms with van der Waals surface area (Å²) in [5.41, 5.74) is 4.43. The molecule has 0 saturated carbocycles. The van der Waals surface area contributed by atoms with Crippen LogP contribution in [0.1, 0.15) is 16.7 Å². The van der Waals surface area contributed by atoms with E-state index in [1.165, 1.54) is 11.8 Å². The summed E-state index contributed by atoms with van der Waals surface area (Å²) in [6, 6.07) is 20.0. The van der Waals surface area contributed by atoms with Crippen molar-refractivity contribution in [2.45, 2.75) is 13.8 Å². The van der Waals surface area contributed by atoms with E-state index in [0.29, 0.717) is 26.5 Å². The first-order valence-electron chi connectivity index (χ1n) is 10.5. The zero-order valence-electron chi connectivity index (χ0n) is 18.6. The number of rotatable bonds is 6. The van der Waals surface area contributed by atoms with Crippen molar-refractivity contribution in [1.29, 1.82) is 0 Å². The van der Waals surface area contributed by atoms with Gasteiger partial charge < -0.3 is 15.4 Å². The number of amidine groups is 1. The number of aliphatic imine (C=N–C) groups is 1. The summed E-state index contributed by atoms with van der Waals surface area (Å²) in [4.78, 5) is 29.6. The Labute approximate surface area is 207 Å². The van der Waals surface area contributed by atoms with Crippen LogP contribution in [0.15, 0.2) is 76.6 Å². The van der Waals surface area contributed by atoms with Gasteiger partial charge in [0.05, 0.1) is 10.6 Å². The van der Waals surface area contributed by atoms with E-state index in [0.717, 1.165) is 22.4 Å². The van der Waals surface area contributed by atoms with Crippen LogP contribution >= 0.6 is 23.4 Å². The maximum Gasteiger partial charge on any atom is 0.264 e. The number of thioether (sulfide) groups is 1. The first kappa shape index (κ1) is 23.6. The molecule has 172 valence electrons. The Morgan fingerprint density at radius 1 is 1.09 bits per heavy atom. The van der Waals surface area contributed by atoms with Crippen molar-refractivity contribution in [2.75, 3.05) is 11.9 Å². The molecule has 1 aliphatic rings. The van der Waals surface area contributed by atoms with Gasteiger partial charge in [-0.25, -0.2) is 4.99 Å². The average Bonchev–Trinajstić information content (AvgIpc) is 3.13. The van der Waals surface area contributed by atoms with Crippen molar-refractivity contribution in [3.05, 3.63) is 93.3 Å². The number of hydrogen-bond acceptors (Lipinski definition) is 5. The van der Waals surface area contributed by atoms with Crippen LogP contribution in [-0.2, 0) is 9.59 Å². The van der Waals surface area contributed by atoms with Gasteiger partial charge in [-0.2, -0.15) is 0 Å². The Balaban J connectivity index is 1.38. The molecule has 0 unspecified atom stereocenters. The third-order valence-corrected chi connectivity index (χ3v) is 6.15. The Hall–Kier alpha value is -3.55. The number of anilines is 1. The molecule has 0 aromatic heterocycles. The lowest BCUT2D eigenvalue weighted by molar-refractivity contribution is -0.118. The number of ether oxygens (including phenoxy) is 1. The highest BCUT2D eigenvalue weighted by Gasteiger charge is 2.23. The number of benzene rings is 3. The van der Waals surface area contributed by atoms with E-state index >= 15 is 0 Å². The zero-order chi connectivity index (χ0) is 24.1. The van der Waals surface area contributed by atoms with Crippen LogP contribution in [0, 0.1) is 13.8 Å². The molecule has 2 amide bonds. The molecular weight excluding hydrogens is 470 g/mol. The summed E-state index contributed by atoms with van der Waals surface area (Å²) in [5.74, 6) is 0.0466. The van der Waals surface area contributed by atoms with Crippen LogP contribution < -0.4 is 15.4 Å². The SMILES string of the molecule is Cc1ccc(NC(=O)COc2cccc(C=C3SC(=Nc4cccc(Cl)c4)NC3=O)c2)cc1C. The molecule has 1 saturated heterocycles. The summed E-state index contributed by atoms with van der Waals surface area (Å²) in [6.45, 7) is 3.89. The van der Waals surface area contributed by atoms with Crippen LogP contribution in [0.5, 0.6) is 5.75 Å². The fourth-order valence-electron chi connectivity index (χ4n) is 3.15. The van der Waals surface area contributed by atoms with Crippen LogP contribution in [0.2, 0.25) is 5.02 Å². The van der Waals surface area contributed by atoms with Gasteiger partial charge >= 0.3 is 0 Å². The molecule has 0 spiro atoms. The van der Waals surface area contributed by atoms with Crippen LogP contribution in [0.4, 0.5) is 11.4 Å². The highest BCUT2D eigenvalue weighted by atomic mass is 35.5. The van der Waals surface area contributed by atoms with E-state index in [-0.39, 0.29) is 18.4 Å². The van der Waals surface area contributed by atoms with Gasteiger partial charge in [-0.3, -0.25) is 9.59 Å². The van der Waals surface area contributed by atoms with Gasteiger partial charge in [0, 0.05) is 10.7 Å². The van der Waals surface area contributed by atoms with Gasteiger partial charge in [-0.05, 0) is 90.8 Å². The largest absolute Gasteiger partial charge is 0.484 e. The highest BCUT2D eigenvalue weighted by molar-refractivity contribution is 8.18. The molecule has 4 rings (SSSR count). The molecule has 2 N–H and O–H groups in total.